The lowest BCUT2D eigenvalue weighted by Crippen LogP contribution is -1.89. The molecule has 0 bridgehead atoms. The number of rotatable bonds is 3. The lowest BCUT2D eigenvalue weighted by Gasteiger charge is -2.03. The monoisotopic (exact) mass is 234 g/mol. The summed E-state index contributed by atoms with van der Waals surface area (Å²) in [5.74, 6) is 0. The first-order valence-corrected chi connectivity index (χ1v) is 5.87. The van der Waals surface area contributed by atoms with Crippen molar-refractivity contribution in [1.29, 1.82) is 0 Å². The van der Waals surface area contributed by atoms with Crippen LogP contribution in [0.4, 0.5) is 0 Å². The van der Waals surface area contributed by atoms with E-state index in [0.29, 0.717) is 0 Å². The minimum atomic E-state index is 0.860. The third kappa shape index (κ3) is 2.33. The number of benzene rings is 2. The summed E-state index contributed by atoms with van der Waals surface area (Å²) in [4.78, 5) is 0. The number of nitrogens with zero attached hydrogens (tertiary/aromatic N) is 1. The third-order valence-corrected chi connectivity index (χ3v) is 2.83. The predicted molar refractivity (Wildman–Crippen MR) is 70.0 cm³/mol. The topological polar surface area (TPSA) is 26.0 Å². The van der Waals surface area contributed by atoms with Gasteiger partial charge in [0.15, 0.2) is 0 Å². The van der Waals surface area contributed by atoms with Gasteiger partial charge in [-0.15, -0.1) is 0 Å². The van der Waals surface area contributed by atoms with E-state index in [0.717, 1.165) is 23.2 Å². The Hall–Kier alpha value is -2.35. The van der Waals surface area contributed by atoms with Gasteiger partial charge in [-0.25, -0.2) is 0 Å². The van der Waals surface area contributed by atoms with E-state index < -0.39 is 0 Å². The maximum Gasteiger partial charge on any atom is 0.124 e. The molecule has 0 fully saturated rings. The highest BCUT2D eigenvalue weighted by molar-refractivity contribution is 5.59. The predicted octanol–water partition coefficient (Wildman–Crippen LogP) is 3.73. The van der Waals surface area contributed by atoms with Crippen LogP contribution in [0, 0.1) is 6.07 Å². The van der Waals surface area contributed by atoms with Crippen LogP contribution in [0.2, 0.25) is 0 Å². The van der Waals surface area contributed by atoms with Gasteiger partial charge in [0.1, 0.15) is 12.0 Å². The summed E-state index contributed by atoms with van der Waals surface area (Å²) in [5.41, 5.74) is 4.36. The van der Waals surface area contributed by atoms with E-state index in [2.05, 4.69) is 41.6 Å². The zero-order chi connectivity index (χ0) is 12.2. The first kappa shape index (κ1) is 10.8. The van der Waals surface area contributed by atoms with Gasteiger partial charge in [-0.05, 0) is 29.7 Å². The van der Waals surface area contributed by atoms with Gasteiger partial charge in [-0.2, -0.15) is 0 Å². The molecule has 2 heteroatoms. The van der Waals surface area contributed by atoms with Crippen LogP contribution in [0.25, 0.3) is 11.3 Å². The highest BCUT2D eigenvalue weighted by atomic mass is 16.5. The molecule has 3 aromatic rings. The van der Waals surface area contributed by atoms with Crippen LogP contribution in [-0.4, -0.2) is 5.16 Å². The summed E-state index contributed by atoms with van der Waals surface area (Å²) in [7, 11) is 0. The Morgan fingerprint density at radius 1 is 1.06 bits per heavy atom. The molecule has 1 radical (unpaired) electrons. The SMILES string of the molecule is [c]1ccc(-c2ccon2)cc1Cc1ccccc1. The summed E-state index contributed by atoms with van der Waals surface area (Å²) in [5, 5.41) is 3.95. The van der Waals surface area contributed by atoms with E-state index in [1.54, 1.807) is 6.26 Å². The molecule has 0 amide bonds. The van der Waals surface area contributed by atoms with Crippen LogP contribution < -0.4 is 0 Å². The van der Waals surface area contributed by atoms with E-state index in [9.17, 15) is 0 Å². The molecular weight excluding hydrogens is 222 g/mol. The van der Waals surface area contributed by atoms with E-state index in [1.165, 1.54) is 5.56 Å². The fraction of sp³-hybridized carbons (Fsp3) is 0.0625. The second-order valence-corrected chi connectivity index (χ2v) is 4.15. The van der Waals surface area contributed by atoms with Crippen LogP contribution in [0.1, 0.15) is 11.1 Å². The first-order chi connectivity index (χ1) is 8.92. The second kappa shape index (κ2) is 4.88. The van der Waals surface area contributed by atoms with Gasteiger partial charge in [-0.1, -0.05) is 47.6 Å². The Balaban J connectivity index is 1.88. The Bertz CT molecular complexity index is 615. The summed E-state index contributed by atoms with van der Waals surface area (Å²) in [6.45, 7) is 0. The molecule has 0 spiro atoms. The molecule has 0 atom stereocenters. The minimum Gasteiger partial charge on any atom is -0.364 e. The lowest BCUT2D eigenvalue weighted by molar-refractivity contribution is 0.422. The van der Waals surface area contributed by atoms with Crippen molar-refractivity contribution in [1.82, 2.24) is 5.16 Å². The van der Waals surface area contributed by atoms with E-state index >= 15 is 0 Å². The number of hydrogen-bond acceptors (Lipinski definition) is 2. The number of hydrogen-bond donors (Lipinski definition) is 0. The van der Waals surface area contributed by atoms with Crippen molar-refractivity contribution < 1.29 is 4.52 Å². The summed E-state index contributed by atoms with van der Waals surface area (Å²) >= 11 is 0. The van der Waals surface area contributed by atoms with Crippen LogP contribution in [0.3, 0.4) is 0 Å². The lowest BCUT2D eigenvalue weighted by atomic mass is 10.0. The average molecular weight is 234 g/mol. The summed E-state index contributed by atoms with van der Waals surface area (Å²) < 4.78 is 4.87. The Kier molecular flexibility index (Phi) is 2.92. The van der Waals surface area contributed by atoms with Gasteiger partial charge in [-0.3, -0.25) is 0 Å². The Labute approximate surface area is 106 Å². The van der Waals surface area contributed by atoms with Gasteiger partial charge in [0.05, 0.1) is 0 Å². The average Bonchev–Trinajstić information content (AvgIpc) is 2.94. The van der Waals surface area contributed by atoms with E-state index in [4.69, 9.17) is 4.52 Å². The highest BCUT2D eigenvalue weighted by Crippen LogP contribution is 2.19. The maximum absolute atomic E-state index is 4.87. The Morgan fingerprint density at radius 3 is 2.72 bits per heavy atom. The normalized spacial score (nSPS) is 10.4. The molecule has 87 valence electrons. The van der Waals surface area contributed by atoms with E-state index in [-0.39, 0.29) is 0 Å². The zero-order valence-corrected chi connectivity index (χ0v) is 9.84. The molecule has 3 rings (SSSR count). The van der Waals surface area contributed by atoms with Crippen molar-refractivity contribution in [2.24, 2.45) is 0 Å². The van der Waals surface area contributed by atoms with Crippen molar-refractivity contribution >= 4 is 0 Å². The number of aromatic nitrogens is 1. The fourth-order valence-electron chi connectivity index (χ4n) is 1.95. The second-order valence-electron chi connectivity index (χ2n) is 4.15. The zero-order valence-electron chi connectivity index (χ0n) is 9.84. The molecule has 0 aliphatic carbocycles. The van der Waals surface area contributed by atoms with Gasteiger partial charge < -0.3 is 4.52 Å². The van der Waals surface area contributed by atoms with Gasteiger partial charge >= 0.3 is 0 Å². The quantitative estimate of drug-likeness (QED) is 0.690. The van der Waals surface area contributed by atoms with Gasteiger partial charge in [0.2, 0.25) is 0 Å². The largest absolute Gasteiger partial charge is 0.364 e. The van der Waals surface area contributed by atoms with Crippen molar-refractivity contribution in [3.63, 3.8) is 0 Å². The van der Waals surface area contributed by atoms with Crippen LogP contribution in [0.5, 0.6) is 0 Å². The molecule has 0 saturated heterocycles. The molecule has 18 heavy (non-hydrogen) atoms. The molecule has 0 aliphatic heterocycles. The maximum atomic E-state index is 4.87. The van der Waals surface area contributed by atoms with Gasteiger partial charge in [0, 0.05) is 11.6 Å². The van der Waals surface area contributed by atoms with Crippen LogP contribution in [-0.2, 0) is 6.42 Å². The molecule has 1 aromatic heterocycles. The van der Waals surface area contributed by atoms with Crippen LogP contribution in [0.15, 0.2) is 65.4 Å². The minimum absolute atomic E-state index is 0.860. The molecule has 0 aliphatic rings. The first-order valence-electron chi connectivity index (χ1n) is 5.87. The van der Waals surface area contributed by atoms with Crippen molar-refractivity contribution in [3.8, 4) is 11.3 Å². The summed E-state index contributed by atoms with van der Waals surface area (Å²) in [6.07, 6.45) is 2.47. The van der Waals surface area contributed by atoms with Crippen LogP contribution >= 0.6 is 0 Å². The molecule has 2 aromatic carbocycles. The Morgan fingerprint density at radius 2 is 1.94 bits per heavy atom. The molecule has 0 N–H and O–H groups in total. The molecule has 0 unspecified atom stereocenters. The molecule has 1 heterocycles. The molecule has 2 nitrogen and oxygen atoms in total. The third-order valence-electron chi connectivity index (χ3n) is 2.83. The molecule has 0 saturated carbocycles. The van der Waals surface area contributed by atoms with Gasteiger partial charge in [0.25, 0.3) is 0 Å². The fourth-order valence-corrected chi connectivity index (χ4v) is 1.95. The van der Waals surface area contributed by atoms with Crippen molar-refractivity contribution in [2.45, 2.75) is 6.42 Å². The summed E-state index contributed by atoms with van der Waals surface area (Å²) in [6, 6.07) is 21.5. The van der Waals surface area contributed by atoms with Crippen molar-refractivity contribution in [3.05, 3.63) is 78.1 Å². The smallest absolute Gasteiger partial charge is 0.124 e. The molecular formula is C16H12NO. The highest BCUT2D eigenvalue weighted by Gasteiger charge is 2.03. The standard InChI is InChI=1S/C16H12NO/c1-2-5-13(6-3-1)11-14-7-4-8-15(12-14)16-9-10-18-17-16/h1-6,8-10,12H,11H2. The van der Waals surface area contributed by atoms with Crippen molar-refractivity contribution in [2.75, 3.05) is 0 Å². The van der Waals surface area contributed by atoms with E-state index in [1.807, 2.05) is 24.3 Å².